The van der Waals surface area contributed by atoms with Crippen molar-refractivity contribution >= 4 is 5.91 Å². The highest BCUT2D eigenvalue weighted by Gasteiger charge is 2.15. The predicted molar refractivity (Wildman–Crippen MR) is 96.6 cm³/mol. The summed E-state index contributed by atoms with van der Waals surface area (Å²) in [5, 5.41) is 3.11. The van der Waals surface area contributed by atoms with E-state index in [0.717, 1.165) is 31.7 Å². The van der Waals surface area contributed by atoms with Gasteiger partial charge in [0.2, 0.25) is 5.91 Å². The first kappa shape index (κ1) is 18.7. The van der Waals surface area contributed by atoms with Crippen molar-refractivity contribution in [2.75, 3.05) is 45.8 Å². The molecular formula is C19H37N3O. The van der Waals surface area contributed by atoms with Crippen LogP contribution in [0.25, 0.3) is 0 Å². The fraction of sp³-hybridized carbons (Fsp3) is 0.947. The van der Waals surface area contributed by atoms with E-state index in [1.165, 1.54) is 77.8 Å². The van der Waals surface area contributed by atoms with Crippen LogP contribution in [0.15, 0.2) is 0 Å². The van der Waals surface area contributed by atoms with Crippen molar-refractivity contribution in [3.8, 4) is 0 Å². The minimum absolute atomic E-state index is 0.270. The summed E-state index contributed by atoms with van der Waals surface area (Å²) < 4.78 is 0. The van der Waals surface area contributed by atoms with Crippen LogP contribution in [0.3, 0.4) is 0 Å². The maximum Gasteiger partial charge on any atom is 0.220 e. The minimum Gasteiger partial charge on any atom is -0.356 e. The number of nitrogens with zero attached hydrogens (tertiary/aromatic N) is 2. The highest BCUT2D eigenvalue weighted by molar-refractivity contribution is 5.75. The highest BCUT2D eigenvalue weighted by Crippen LogP contribution is 2.27. The number of piperazine rings is 1. The Hall–Kier alpha value is -0.610. The van der Waals surface area contributed by atoms with Gasteiger partial charge in [-0.1, -0.05) is 39.0 Å². The first-order valence-electron chi connectivity index (χ1n) is 9.99. The molecule has 134 valence electrons. The third-order valence-corrected chi connectivity index (χ3v) is 5.64. The molecule has 1 heterocycles. The summed E-state index contributed by atoms with van der Waals surface area (Å²) in [7, 11) is 0. The van der Waals surface area contributed by atoms with E-state index in [2.05, 4.69) is 22.0 Å². The lowest BCUT2D eigenvalue weighted by Crippen LogP contribution is -2.46. The topological polar surface area (TPSA) is 35.6 Å². The van der Waals surface area contributed by atoms with Crippen molar-refractivity contribution in [1.29, 1.82) is 0 Å². The van der Waals surface area contributed by atoms with Crippen LogP contribution in [0.5, 0.6) is 0 Å². The van der Waals surface area contributed by atoms with Crippen LogP contribution in [-0.2, 0) is 4.79 Å². The van der Waals surface area contributed by atoms with Crippen LogP contribution in [0.4, 0.5) is 0 Å². The number of likely N-dealkylation sites (N-methyl/N-ethyl adjacent to an activating group) is 1. The molecule has 1 N–H and O–H groups in total. The molecule has 4 heteroatoms. The quantitative estimate of drug-likeness (QED) is 0.663. The number of carbonyl (C=O) groups is 1. The molecular weight excluding hydrogens is 286 g/mol. The Morgan fingerprint density at radius 1 is 1.00 bits per heavy atom. The predicted octanol–water partition coefficient (Wildman–Crippen LogP) is 2.88. The van der Waals surface area contributed by atoms with Crippen molar-refractivity contribution in [2.24, 2.45) is 5.92 Å². The Bertz CT molecular complexity index is 321. The second-order valence-corrected chi connectivity index (χ2v) is 7.38. The molecule has 0 radical (unpaired) electrons. The Morgan fingerprint density at radius 3 is 2.39 bits per heavy atom. The van der Waals surface area contributed by atoms with E-state index in [0.29, 0.717) is 0 Å². The zero-order valence-corrected chi connectivity index (χ0v) is 15.2. The third-order valence-electron chi connectivity index (χ3n) is 5.64. The number of hydrogen-bond acceptors (Lipinski definition) is 3. The molecule has 0 aromatic carbocycles. The summed E-state index contributed by atoms with van der Waals surface area (Å²) in [4.78, 5) is 17.0. The molecule has 0 bridgehead atoms. The fourth-order valence-electron chi connectivity index (χ4n) is 3.92. The molecule has 0 unspecified atom stereocenters. The largest absolute Gasteiger partial charge is 0.356 e. The fourth-order valence-corrected chi connectivity index (χ4v) is 3.92. The Morgan fingerprint density at radius 2 is 1.70 bits per heavy atom. The maximum atomic E-state index is 11.9. The number of amides is 1. The van der Waals surface area contributed by atoms with E-state index in [1.807, 2.05) is 0 Å². The molecule has 0 spiro atoms. The van der Waals surface area contributed by atoms with E-state index >= 15 is 0 Å². The van der Waals surface area contributed by atoms with Crippen LogP contribution in [-0.4, -0.2) is 61.5 Å². The smallest absolute Gasteiger partial charge is 0.220 e. The maximum absolute atomic E-state index is 11.9. The van der Waals surface area contributed by atoms with Gasteiger partial charge < -0.3 is 15.1 Å². The van der Waals surface area contributed by atoms with Crippen LogP contribution in [0, 0.1) is 5.92 Å². The summed E-state index contributed by atoms with van der Waals surface area (Å²) >= 11 is 0. The van der Waals surface area contributed by atoms with Gasteiger partial charge in [-0.3, -0.25) is 4.79 Å². The summed E-state index contributed by atoms with van der Waals surface area (Å²) in [6.45, 7) is 10.3. The average Bonchev–Trinajstić information content (AvgIpc) is 2.61. The molecule has 2 rings (SSSR count). The molecule has 1 aliphatic carbocycles. The summed E-state index contributed by atoms with van der Waals surface area (Å²) in [6, 6.07) is 0. The first-order chi connectivity index (χ1) is 11.3. The van der Waals surface area contributed by atoms with E-state index in [9.17, 15) is 4.79 Å². The second kappa shape index (κ2) is 11.0. The number of rotatable bonds is 9. The van der Waals surface area contributed by atoms with Crippen molar-refractivity contribution in [1.82, 2.24) is 15.1 Å². The normalized spacial score (nSPS) is 21.4. The zero-order chi connectivity index (χ0) is 16.3. The minimum atomic E-state index is 0.270. The van der Waals surface area contributed by atoms with Gasteiger partial charge >= 0.3 is 0 Å². The van der Waals surface area contributed by atoms with Gasteiger partial charge in [0.1, 0.15) is 0 Å². The number of unbranched alkanes of at least 4 members (excludes halogenated alkanes) is 1. The molecule has 2 fully saturated rings. The van der Waals surface area contributed by atoms with E-state index < -0.39 is 0 Å². The van der Waals surface area contributed by atoms with Crippen LogP contribution < -0.4 is 5.32 Å². The van der Waals surface area contributed by atoms with Gasteiger partial charge in [-0.05, 0) is 38.3 Å². The molecule has 4 nitrogen and oxygen atoms in total. The molecule has 23 heavy (non-hydrogen) atoms. The molecule has 2 aliphatic rings. The van der Waals surface area contributed by atoms with E-state index in [4.69, 9.17) is 0 Å². The van der Waals surface area contributed by atoms with Gasteiger partial charge in [-0.25, -0.2) is 0 Å². The van der Waals surface area contributed by atoms with Gasteiger partial charge in [0, 0.05) is 39.1 Å². The Labute approximate surface area is 143 Å². The third kappa shape index (κ3) is 7.67. The molecule has 0 aromatic heterocycles. The standard InChI is InChI=1S/C19H37N3O/c1-2-21-14-16-22(17-15-21)13-7-6-12-20-19(23)11-10-18-8-4-3-5-9-18/h18H,2-17H2,1H3,(H,20,23). The molecule has 0 aromatic rings. The Balaban J connectivity index is 1.42. The second-order valence-electron chi connectivity index (χ2n) is 7.38. The van der Waals surface area contributed by atoms with Gasteiger partial charge in [0.05, 0.1) is 0 Å². The monoisotopic (exact) mass is 323 g/mol. The number of nitrogens with one attached hydrogen (secondary N) is 1. The van der Waals surface area contributed by atoms with Crippen molar-refractivity contribution in [2.45, 2.75) is 64.7 Å². The molecule has 1 aliphatic heterocycles. The van der Waals surface area contributed by atoms with Crippen molar-refractivity contribution < 1.29 is 4.79 Å². The van der Waals surface area contributed by atoms with E-state index in [-0.39, 0.29) is 5.91 Å². The van der Waals surface area contributed by atoms with Gasteiger partial charge in [0.25, 0.3) is 0 Å². The summed E-state index contributed by atoms with van der Waals surface area (Å²) in [5.74, 6) is 1.09. The van der Waals surface area contributed by atoms with Crippen LogP contribution in [0.1, 0.15) is 64.7 Å². The lowest BCUT2D eigenvalue weighted by Gasteiger charge is -2.33. The number of hydrogen-bond donors (Lipinski definition) is 1. The SMILES string of the molecule is CCN1CCN(CCCCNC(=O)CCC2CCCCC2)CC1. The van der Waals surface area contributed by atoms with E-state index in [1.54, 1.807) is 0 Å². The van der Waals surface area contributed by atoms with Crippen molar-refractivity contribution in [3.63, 3.8) is 0 Å². The lowest BCUT2D eigenvalue weighted by atomic mass is 9.86. The highest BCUT2D eigenvalue weighted by atomic mass is 16.1. The first-order valence-corrected chi connectivity index (χ1v) is 9.99. The van der Waals surface area contributed by atoms with Crippen molar-refractivity contribution in [3.05, 3.63) is 0 Å². The molecule has 0 atom stereocenters. The van der Waals surface area contributed by atoms with Crippen LogP contribution in [0.2, 0.25) is 0 Å². The van der Waals surface area contributed by atoms with Gasteiger partial charge in [-0.2, -0.15) is 0 Å². The summed E-state index contributed by atoms with van der Waals surface area (Å²) in [5.41, 5.74) is 0. The summed E-state index contributed by atoms with van der Waals surface area (Å²) in [6.07, 6.45) is 11.0. The van der Waals surface area contributed by atoms with Crippen LogP contribution >= 0.6 is 0 Å². The molecule has 1 saturated carbocycles. The Kier molecular flexibility index (Phi) is 8.98. The van der Waals surface area contributed by atoms with Gasteiger partial charge in [0.15, 0.2) is 0 Å². The molecule has 1 amide bonds. The average molecular weight is 324 g/mol. The number of carbonyl (C=O) groups excluding carboxylic acids is 1. The lowest BCUT2D eigenvalue weighted by molar-refractivity contribution is -0.121. The molecule has 1 saturated heterocycles. The zero-order valence-electron chi connectivity index (χ0n) is 15.2. The van der Waals surface area contributed by atoms with Gasteiger partial charge in [-0.15, -0.1) is 0 Å².